The van der Waals surface area contributed by atoms with Gasteiger partial charge in [0.1, 0.15) is 0 Å². The van der Waals surface area contributed by atoms with E-state index in [4.69, 9.17) is 9.84 Å². The third kappa shape index (κ3) is 3.28. The molecule has 0 aliphatic carbocycles. The number of rotatable bonds is 5. The molecule has 0 bridgehead atoms. The summed E-state index contributed by atoms with van der Waals surface area (Å²) < 4.78 is 5.84. The van der Waals surface area contributed by atoms with Crippen LogP contribution in [0.4, 0.5) is 0 Å². The third-order valence-corrected chi connectivity index (χ3v) is 3.07. The number of carboxylic acid groups (broad SMARTS) is 1. The maximum atomic E-state index is 10.9. The van der Waals surface area contributed by atoms with Gasteiger partial charge in [0.2, 0.25) is 0 Å². The van der Waals surface area contributed by atoms with E-state index in [0.29, 0.717) is 13.2 Å². The molecule has 4 nitrogen and oxygen atoms in total. The smallest absolute Gasteiger partial charge is 0.306 e. The molecule has 17 heavy (non-hydrogen) atoms. The second-order valence-corrected chi connectivity index (χ2v) is 4.45. The fraction of sp³-hybridized carbons (Fsp3) is 0.462. The molecule has 4 heteroatoms. The van der Waals surface area contributed by atoms with Crippen molar-refractivity contribution < 1.29 is 14.6 Å². The average Bonchev–Trinajstić information content (AvgIpc) is 2.76. The third-order valence-electron chi connectivity index (χ3n) is 3.07. The van der Waals surface area contributed by atoms with Crippen LogP contribution < -0.4 is 5.32 Å². The molecular formula is C13H17NO3. The number of hydrogen-bond donors (Lipinski definition) is 2. The zero-order valence-corrected chi connectivity index (χ0v) is 9.69. The molecule has 1 saturated heterocycles. The van der Waals surface area contributed by atoms with Crippen LogP contribution in [0.25, 0.3) is 0 Å². The lowest BCUT2D eigenvalue weighted by Crippen LogP contribution is -2.37. The summed E-state index contributed by atoms with van der Waals surface area (Å²) in [4.78, 5) is 10.9. The number of carbonyl (C=O) groups is 1. The van der Waals surface area contributed by atoms with Crippen LogP contribution in [-0.2, 0) is 16.1 Å². The molecule has 1 fully saturated rings. The summed E-state index contributed by atoms with van der Waals surface area (Å²) in [6, 6.07) is 9.83. The van der Waals surface area contributed by atoms with Gasteiger partial charge in [0, 0.05) is 6.54 Å². The predicted octanol–water partition coefficient (Wildman–Crippen LogP) is 1.41. The second kappa shape index (κ2) is 5.29. The van der Waals surface area contributed by atoms with Crippen LogP contribution in [-0.4, -0.2) is 29.8 Å². The van der Waals surface area contributed by atoms with Crippen molar-refractivity contribution in [2.24, 2.45) is 0 Å². The predicted molar refractivity (Wildman–Crippen MR) is 63.7 cm³/mol. The SMILES string of the molecule is O=C(O)CC1(OCc2ccccc2)CCNC1. The lowest BCUT2D eigenvalue weighted by Gasteiger charge is -2.26. The zero-order valence-electron chi connectivity index (χ0n) is 9.69. The Morgan fingerprint density at radius 2 is 2.18 bits per heavy atom. The minimum absolute atomic E-state index is 0.0623. The first kappa shape index (κ1) is 12.1. The highest BCUT2D eigenvalue weighted by atomic mass is 16.5. The summed E-state index contributed by atoms with van der Waals surface area (Å²) in [5, 5.41) is 12.1. The molecule has 2 N–H and O–H groups in total. The molecule has 1 aromatic carbocycles. The molecule has 0 amide bonds. The minimum Gasteiger partial charge on any atom is -0.481 e. The van der Waals surface area contributed by atoms with Crippen molar-refractivity contribution in [3.63, 3.8) is 0 Å². The van der Waals surface area contributed by atoms with Crippen molar-refractivity contribution in [3.05, 3.63) is 35.9 Å². The van der Waals surface area contributed by atoms with Gasteiger partial charge >= 0.3 is 5.97 Å². The molecule has 1 aliphatic heterocycles. The molecule has 1 aliphatic rings. The zero-order chi connectivity index (χ0) is 12.1. The molecule has 1 heterocycles. The van der Waals surface area contributed by atoms with E-state index < -0.39 is 11.6 Å². The standard InChI is InChI=1S/C13H17NO3/c15-12(16)8-13(6-7-14-10-13)17-9-11-4-2-1-3-5-11/h1-5,14H,6-10H2,(H,15,16). The van der Waals surface area contributed by atoms with E-state index in [9.17, 15) is 4.79 Å². The van der Waals surface area contributed by atoms with Gasteiger partial charge in [-0.05, 0) is 18.5 Å². The Hall–Kier alpha value is -1.39. The molecule has 0 aromatic heterocycles. The highest BCUT2D eigenvalue weighted by Crippen LogP contribution is 2.25. The summed E-state index contributed by atoms with van der Waals surface area (Å²) in [6.07, 6.45) is 0.818. The fourth-order valence-corrected chi connectivity index (χ4v) is 2.13. The summed E-state index contributed by atoms with van der Waals surface area (Å²) >= 11 is 0. The van der Waals surface area contributed by atoms with E-state index in [1.807, 2.05) is 30.3 Å². The highest BCUT2D eigenvalue weighted by molar-refractivity contribution is 5.68. The van der Waals surface area contributed by atoms with Crippen LogP contribution in [0, 0.1) is 0 Å². The summed E-state index contributed by atoms with van der Waals surface area (Å²) in [5.74, 6) is -0.804. The van der Waals surface area contributed by atoms with Crippen LogP contribution in [0.3, 0.4) is 0 Å². The Morgan fingerprint density at radius 1 is 1.41 bits per heavy atom. The van der Waals surface area contributed by atoms with Crippen LogP contribution >= 0.6 is 0 Å². The molecule has 1 atom stereocenters. The topological polar surface area (TPSA) is 58.6 Å². The van der Waals surface area contributed by atoms with E-state index in [0.717, 1.165) is 18.5 Å². The van der Waals surface area contributed by atoms with Crippen molar-refractivity contribution in [1.82, 2.24) is 5.32 Å². The van der Waals surface area contributed by atoms with Crippen LogP contribution in [0.15, 0.2) is 30.3 Å². The van der Waals surface area contributed by atoms with Crippen molar-refractivity contribution in [3.8, 4) is 0 Å². The summed E-state index contributed by atoms with van der Waals surface area (Å²) in [7, 11) is 0. The minimum atomic E-state index is -0.804. The van der Waals surface area contributed by atoms with Gasteiger partial charge in [-0.15, -0.1) is 0 Å². The number of ether oxygens (including phenoxy) is 1. The second-order valence-electron chi connectivity index (χ2n) is 4.45. The molecule has 2 rings (SSSR count). The molecular weight excluding hydrogens is 218 g/mol. The highest BCUT2D eigenvalue weighted by Gasteiger charge is 2.37. The van der Waals surface area contributed by atoms with Gasteiger partial charge in [0.05, 0.1) is 18.6 Å². The maximum Gasteiger partial charge on any atom is 0.306 e. The normalized spacial score (nSPS) is 23.8. The van der Waals surface area contributed by atoms with E-state index in [1.165, 1.54) is 0 Å². The van der Waals surface area contributed by atoms with Crippen LogP contribution in [0.1, 0.15) is 18.4 Å². The van der Waals surface area contributed by atoms with Gasteiger partial charge < -0.3 is 15.2 Å². The molecule has 1 unspecified atom stereocenters. The number of benzene rings is 1. The van der Waals surface area contributed by atoms with Crippen molar-refractivity contribution >= 4 is 5.97 Å². The van der Waals surface area contributed by atoms with Gasteiger partial charge in [-0.1, -0.05) is 30.3 Å². The first-order valence-electron chi connectivity index (χ1n) is 5.81. The number of nitrogens with one attached hydrogen (secondary N) is 1. The molecule has 0 saturated carbocycles. The Balaban J connectivity index is 1.96. The van der Waals surface area contributed by atoms with E-state index >= 15 is 0 Å². The lowest BCUT2D eigenvalue weighted by atomic mass is 9.98. The Morgan fingerprint density at radius 3 is 2.76 bits per heavy atom. The quantitative estimate of drug-likeness (QED) is 0.810. The lowest BCUT2D eigenvalue weighted by molar-refractivity contribution is -0.145. The van der Waals surface area contributed by atoms with Gasteiger partial charge in [-0.3, -0.25) is 4.79 Å². The van der Waals surface area contributed by atoms with Gasteiger partial charge in [0.15, 0.2) is 0 Å². The number of carboxylic acids is 1. The van der Waals surface area contributed by atoms with Crippen LogP contribution in [0.5, 0.6) is 0 Å². The van der Waals surface area contributed by atoms with E-state index in [2.05, 4.69) is 5.32 Å². The Bertz CT molecular complexity index is 372. The summed E-state index contributed by atoms with van der Waals surface area (Å²) in [6.45, 7) is 1.91. The van der Waals surface area contributed by atoms with Crippen molar-refractivity contribution in [1.29, 1.82) is 0 Å². The monoisotopic (exact) mass is 235 g/mol. The Kier molecular flexibility index (Phi) is 3.76. The molecule has 0 spiro atoms. The van der Waals surface area contributed by atoms with Gasteiger partial charge in [0.25, 0.3) is 0 Å². The molecule has 1 aromatic rings. The molecule has 92 valence electrons. The van der Waals surface area contributed by atoms with Crippen LogP contribution in [0.2, 0.25) is 0 Å². The molecule has 0 radical (unpaired) electrons. The van der Waals surface area contributed by atoms with Crippen molar-refractivity contribution in [2.75, 3.05) is 13.1 Å². The van der Waals surface area contributed by atoms with E-state index in [1.54, 1.807) is 0 Å². The maximum absolute atomic E-state index is 10.9. The van der Waals surface area contributed by atoms with E-state index in [-0.39, 0.29) is 6.42 Å². The average molecular weight is 235 g/mol. The van der Waals surface area contributed by atoms with Gasteiger partial charge in [-0.2, -0.15) is 0 Å². The van der Waals surface area contributed by atoms with Crippen molar-refractivity contribution in [2.45, 2.75) is 25.0 Å². The largest absolute Gasteiger partial charge is 0.481 e. The number of aliphatic carboxylic acids is 1. The summed E-state index contributed by atoms with van der Waals surface area (Å²) in [5.41, 5.74) is 0.533. The number of hydrogen-bond acceptors (Lipinski definition) is 3. The first-order valence-corrected chi connectivity index (χ1v) is 5.81. The Labute approximate surface area is 101 Å². The first-order chi connectivity index (χ1) is 8.20. The fourth-order valence-electron chi connectivity index (χ4n) is 2.13. The van der Waals surface area contributed by atoms with Gasteiger partial charge in [-0.25, -0.2) is 0 Å².